The molecular formula is C16H23IN4O3S. The van der Waals surface area contributed by atoms with Crippen LogP contribution < -0.4 is 10.6 Å². The third-order valence-corrected chi connectivity index (χ3v) is 4.10. The van der Waals surface area contributed by atoms with Crippen LogP contribution in [0.4, 0.5) is 0 Å². The fraction of sp³-hybridized carbons (Fsp3) is 0.438. The van der Waals surface area contributed by atoms with Gasteiger partial charge in [0.2, 0.25) is 0 Å². The van der Waals surface area contributed by atoms with Gasteiger partial charge in [-0.2, -0.15) is 0 Å². The molecule has 0 amide bonds. The summed E-state index contributed by atoms with van der Waals surface area (Å²) in [6.07, 6.45) is 1.85. The van der Waals surface area contributed by atoms with Gasteiger partial charge in [-0.3, -0.25) is 0 Å². The van der Waals surface area contributed by atoms with Crippen LogP contribution in [0.25, 0.3) is 0 Å². The number of ether oxygens (including phenoxy) is 1. The number of carbonyl (C=O) groups excluding carboxylic acids is 1. The Morgan fingerprint density at radius 3 is 2.76 bits per heavy atom. The molecule has 0 aliphatic heterocycles. The number of esters is 1. The summed E-state index contributed by atoms with van der Waals surface area (Å²) in [6.45, 7) is 7.43. The minimum absolute atomic E-state index is 0. The Hall–Kier alpha value is -1.62. The van der Waals surface area contributed by atoms with Gasteiger partial charge in [-0.05, 0) is 26.8 Å². The number of aliphatic imine (C=N–C) groups is 1. The number of furan rings is 1. The van der Waals surface area contributed by atoms with Gasteiger partial charge in [0.15, 0.2) is 5.96 Å². The smallest absolute Gasteiger partial charge is 0.341 e. The fourth-order valence-electron chi connectivity index (χ4n) is 2.08. The van der Waals surface area contributed by atoms with Crippen molar-refractivity contribution in [1.82, 2.24) is 15.6 Å². The van der Waals surface area contributed by atoms with Crippen molar-refractivity contribution in [2.75, 3.05) is 13.7 Å². The van der Waals surface area contributed by atoms with Crippen LogP contribution in [-0.4, -0.2) is 30.6 Å². The molecule has 2 aromatic heterocycles. The minimum Gasteiger partial charge on any atom is -0.465 e. The van der Waals surface area contributed by atoms with Gasteiger partial charge >= 0.3 is 5.97 Å². The Morgan fingerprint density at radius 1 is 1.40 bits per heavy atom. The van der Waals surface area contributed by atoms with Crippen molar-refractivity contribution in [2.24, 2.45) is 4.99 Å². The summed E-state index contributed by atoms with van der Waals surface area (Å²) in [5.41, 5.74) is 0.430. The number of halogens is 1. The Balaban J connectivity index is 0.00000312. The van der Waals surface area contributed by atoms with Crippen LogP contribution in [0.2, 0.25) is 0 Å². The first kappa shape index (κ1) is 21.4. The molecule has 0 aliphatic carbocycles. The minimum atomic E-state index is -0.407. The molecule has 2 N–H and O–H groups in total. The number of aromatic nitrogens is 1. The molecule has 0 saturated heterocycles. The Morgan fingerprint density at radius 2 is 2.16 bits per heavy atom. The van der Waals surface area contributed by atoms with E-state index in [1.165, 1.54) is 12.0 Å². The first-order valence-electron chi connectivity index (χ1n) is 7.64. The molecule has 0 fully saturated rings. The van der Waals surface area contributed by atoms with Crippen molar-refractivity contribution in [1.29, 1.82) is 0 Å². The van der Waals surface area contributed by atoms with Crippen molar-refractivity contribution < 1.29 is 13.9 Å². The molecule has 0 radical (unpaired) electrons. The summed E-state index contributed by atoms with van der Waals surface area (Å²) >= 11 is 1.65. The number of hydrogen-bond donors (Lipinski definition) is 2. The molecule has 9 heteroatoms. The number of methoxy groups -OCH3 is 1. The van der Waals surface area contributed by atoms with Gasteiger partial charge in [-0.1, -0.05) is 0 Å². The van der Waals surface area contributed by atoms with Gasteiger partial charge in [-0.25, -0.2) is 14.8 Å². The quantitative estimate of drug-likeness (QED) is 0.287. The van der Waals surface area contributed by atoms with Crippen LogP contribution in [0.15, 0.2) is 21.7 Å². The Bertz CT molecular complexity index is 727. The first-order chi connectivity index (χ1) is 11.5. The SMILES string of the molecule is CCNC(=NCc1cc(C(=O)OC)c(C)o1)NCc1ncc(C)s1.I. The molecule has 138 valence electrons. The molecule has 0 bridgehead atoms. The van der Waals surface area contributed by atoms with Crippen LogP contribution in [0, 0.1) is 13.8 Å². The summed E-state index contributed by atoms with van der Waals surface area (Å²) in [5, 5.41) is 7.40. The number of thiazole rings is 1. The summed E-state index contributed by atoms with van der Waals surface area (Å²) in [6, 6.07) is 1.67. The van der Waals surface area contributed by atoms with E-state index in [-0.39, 0.29) is 24.0 Å². The second-order valence-corrected chi connectivity index (χ2v) is 6.41. The number of hydrogen-bond acceptors (Lipinski definition) is 6. The molecule has 2 heterocycles. The molecule has 0 atom stereocenters. The second-order valence-electron chi connectivity index (χ2n) is 5.09. The molecule has 0 unspecified atom stereocenters. The van der Waals surface area contributed by atoms with E-state index in [2.05, 4.69) is 20.6 Å². The largest absolute Gasteiger partial charge is 0.465 e. The summed E-state index contributed by atoms with van der Waals surface area (Å²) < 4.78 is 10.3. The maximum atomic E-state index is 11.6. The predicted molar refractivity (Wildman–Crippen MR) is 109 cm³/mol. The summed E-state index contributed by atoms with van der Waals surface area (Å²) in [7, 11) is 1.35. The lowest BCUT2D eigenvalue weighted by atomic mass is 10.2. The number of aryl methyl sites for hydroxylation is 2. The van der Waals surface area contributed by atoms with E-state index in [0.29, 0.717) is 36.1 Å². The van der Waals surface area contributed by atoms with Gasteiger partial charge in [0.05, 0.1) is 13.7 Å². The van der Waals surface area contributed by atoms with Crippen LogP contribution in [0.3, 0.4) is 0 Å². The first-order valence-corrected chi connectivity index (χ1v) is 8.46. The summed E-state index contributed by atoms with van der Waals surface area (Å²) in [4.78, 5) is 21.6. The standard InChI is InChI=1S/C16H22N4O3S.HI/c1-5-17-16(20-9-14-18-7-10(2)24-14)19-8-12-6-13(11(3)23-12)15(21)22-4;/h6-7H,5,8-9H2,1-4H3,(H2,17,19,20);1H. The van der Waals surface area contributed by atoms with E-state index in [1.807, 2.05) is 20.0 Å². The Kier molecular flexibility index (Phi) is 8.90. The number of carbonyl (C=O) groups is 1. The maximum Gasteiger partial charge on any atom is 0.341 e. The van der Waals surface area contributed by atoms with Gasteiger partial charge in [-0.15, -0.1) is 35.3 Å². The van der Waals surface area contributed by atoms with E-state index in [9.17, 15) is 4.79 Å². The molecule has 2 aromatic rings. The number of nitrogens with one attached hydrogen (secondary N) is 2. The van der Waals surface area contributed by atoms with Crippen LogP contribution in [-0.2, 0) is 17.8 Å². The molecular weight excluding hydrogens is 455 g/mol. The number of rotatable bonds is 6. The lowest BCUT2D eigenvalue weighted by molar-refractivity contribution is 0.0599. The number of nitrogens with zero attached hydrogens (tertiary/aromatic N) is 2. The zero-order valence-electron chi connectivity index (χ0n) is 14.7. The maximum absolute atomic E-state index is 11.6. The highest BCUT2D eigenvalue weighted by atomic mass is 127. The van der Waals surface area contributed by atoms with Gasteiger partial charge in [0.25, 0.3) is 0 Å². The molecule has 0 saturated carbocycles. The van der Waals surface area contributed by atoms with Crippen LogP contribution in [0.1, 0.15) is 38.7 Å². The van der Waals surface area contributed by atoms with E-state index in [4.69, 9.17) is 9.15 Å². The van der Waals surface area contributed by atoms with Crippen molar-refractivity contribution in [3.05, 3.63) is 39.2 Å². The second kappa shape index (κ2) is 10.4. The van der Waals surface area contributed by atoms with Gasteiger partial charge < -0.3 is 19.8 Å². The zero-order valence-corrected chi connectivity index (χ0v) is 17.9. The van der Waals surface area contributed by atoms with Crippen molar-refractivity contribution in [2.45, 2.75) is 33.9 Å². The molecule has 25 heavy (non-hydrogen) atoms. The molecule has 7 nitrogen and oxygen atoms in total. The summed E-state index contributed by atoms with van der Waals surface area (Å²) in [5.74, 6) is 1.40. The van der Waals surface area contributed by atoms with Crippen LogP contribution >= 0.6 is 35.3 Å². The van der Waals surface area contributed by atoms with Gasteiger partial charge in [0.1, 0.15) is 28.6 Å². The van der Waals surface area contributed by atoms with Crippen molar-refractivity contribution in [3.63, 3.8) is 0 Å². The van der Waals surface area contributed by atoms with Gasteiger partial charge in [0, 0.05) is 17.6 Å². The normalized spacial score (nSPS) is 11.0. The lowest BCUT2D eigenvalue weighted by Crippen LogP contribution is -2.36. The van der Waals surface area contributed by atoms with E-state index in [0.717, 1.165) is 11.6 Å². The van der Waals surface area contributed by atoms with E-state index >= 15 is 0 Å². The zero-order chi connectivity index (χ0) is 17.5. The molecule has 0 spiro atoms. The predicted octanol–water partition coefficient (Wildman–Crippen LogP) is 3.01. The third kappa shape index (κ3) is 6.31. The molecule has 2 rings (SSSR count). The number of guanidine groups is 1. The average molecular weight is 478 g/mol. The topological polar surface area (TPSA) is 88.8 Å². The van der Waals surface area contributed by atoms with Crippen LogP contribution in [0.5, 0.6) is 0 Å². The highest BCUT2D eigenvalue weighted by Crippen LogP contribution is 2.16. The molecule has 0 aromatic carbocycles. The van der Waals surface area contributed by atoms with E-state index in [1.54, 1.807) is 24.3 Å². The average Bonchev–Trinajstić information content (AvgIpc) is 3.15. The fourth-order valence-corrected chi connectivity index (χ4v) is 2.80. The van der Waals surface area contributed by atoms with Crippen molar-refractivity contribution >= 4 is 47.2 Å². The van der Waals surface area contributed by atoms with Crippen molar-refractivity contribution in [3.8, 4) is 0 Å². The van der Waals surface area contributed by atoms with E-state index < -0.39 is 5.97 Å². The third-order valence-electron chi connectivity index (χ3n) is 3.19. The lowest BCUT2D eigenvalue weighted by Gasteiger charge is -2.09. The highest BCUT2D eigenvalue weighted by molar-refractivity contribution is 14.0. The molecule has 0 aliphatic rings. The monoisotopic (exact) mass is 478 g/mol. The Labute approximate surface area is 168 Å². The highest BCUT2D eigenvalue weighted by Gasteiger charge is 2.15.